The van der Waals surface area contributed by atoms with E-state index in [1.807, 2.05) is 7.05 Å². The number of hydrogen-bond acceptors (Lipinski definition) is 4. The van der Waals surface area contributed by atoms with Crippen LogP contribution in [0.25, 0.3) is 0 Å². The molecule has 0 aliphatic heterocycles. The van der Waals surface area contributed by atoms with Crippen LogP contribution in [0.3, 0.4) is 0 Å². The van der Waals surface area contributed by atoms with Gasteiger partial charge in [-0.2, -0.15) is 0 Å². The average Bonchev–Trinajstić information content (AvgIpc) is 3.09. The number of likely N-dealkylation sites (N-methyl/N-ethyl adjacent to an activating group) is 1. The SMILES string of the molecule is CCCCN(C)C(=O)Cc1ccc(NS(=O)(=O)c2cccs2)cc1. The average molecular weight is 367 g/mol. The lowest BCUT2D eigenvalue weighted by molar-refractivity contribution is -0.129. The fraction of sp³-hybridized carbons (Fsp3) is 0.353. The van der Waals surface area contributed by atoms with Crippen LogP contribution in [0.1, 0.15) is 25.3 Å². The Morgan fingerprint density at radius 2 is 1.92 bits per heavy atom. The van der Waals surface area contributed by atoms with E-state index in [0.717, 1.165) is 24.9 Å². The fourth-order valence-corrected chi connectivity index (χ4v) is 4.19. The number of nitrogens with one attached hydrogen (secondary N) is 1. The number of unbranched alkanes of at least 4 members (excludes halogenated alkanes) is 1. The quantitative estimate of drug-likeness (QED) is 0.779. The van der Waals surface area contributed by atoms with E-state index < -0.39 is 10.0 Å². The molecule has 1 aromatic heterocycles. The van der Waals surface area contributed by atoms with Gasteiger partial charge in [-0.05, 0) is 35.6 Å². The largest absolute Gasteiger partial charge is 0.345 e. The lowest BCUT2D eigenvalue weighted by Gasteiger charge is -2.16. The molecule has 0 bridgehead atoms. The summed E-state index contributed by atoms with van der Waals surface area (Å²) in [6, 6.07) is 10.2. The van der Waals surface area contributed by atoms with Crippen molar-refractivity contribution in [2.75, 3.05) is 18.3 Å². The van der Waals surface area contributed by atoms with Gasteiger partial charge in [0, 0.05) is 19.3 Å². The summed E-state index contributed by atoms with van der Waals surface area (Å²) < 4.78 is 27.1. The lowest BCUT2D eigenvalue weighted by atomic mass is 10.1. The Kier molecular flexibility index (Phi) is 6.39. The first-order valence-electron chi connectivity index (χ1n) is 7.81. The van der Waals surface area contributed by atoms with Gasteiger partial charge < -0.3 is 4.90 Å². The van der Waals surface area contributed by atoms with Gasteiger partial charge in [0.05, 0.1) is 6.42 Å². The van der Waals surface area contributed by atoms with E-state index in [9.17, 15) is 13.2 Å². The van der Waals surface area contributed by atoms with E-state index in [2.05, 4.69) is 11.6 Å². The molecule has 1 amide bonds. The van der Waals surface area contributed by atoms with Crippen molar-refractivity contribution in [2.45, 2.75) is 30.4 Å². The number of thiophene rings is 1. The van der Waals surface area contributed by atoms with Crippen molar-refractivity contribution in [2.24, 2.45) is 0 Å². The molecule has 0 radical (unpaired) electrons. The Morgan fingerprint density at radius 3 is 2.50 bits per heavy atom. The van der Waals surface area contributed by atoms with E-state index in [1.165, 1.54) is 11.3 Å². The van der Waals surface area contributed by atoms with Crippen molar-refractivity contribution in [3.8, 4) is 0 Å². The third kappa shape index (κ3) is 5.07. The number of hydrogen-bond donors (Lipinski definition) is 1. The molecule has 0 spiro atoms. The molecule has 1 aromatic carbocycles. The van der Waals surface area contributed by atoms with Crippen LogP contribution in [-0.4, -0.2) is 32.8 Å². The molecule has 1 heterocycles. The molecule has 0 atom stereocenters. The maximum atomic E-state index is 12.2. The number of sulfonamides is 1. The molecule has 0 saturated carbocycles. The molecule has 0 aliphatic rings. The van der Waals surface area contributed by atoms with Gasteiger partial charge in [0.25, 0.3) is 10.0 Å². The zero-order chi connectivity index (χ0) is 17.6. The molecule has 5 nitrogen and oxygen atoms in total. The maximum absolute atomic E-state index is 12.2. The molecule has 0 fully saturated rings. The van der Waals surface area contributed by atoms with Gasteiger partial charge in [-0.25, -0.2) is 8.42 Å². The molecule has 2 aromatic rings. The summed E-state index contributed by atoms with van der Waals surface area (Å²) in [4.78, 5) is 13.8. The van der Waals surface area contributed by atoms with Crippen LogP contribution in [0.2, 0.25) is 0 Å². The van der Waals surface area contributed by atoms with Crippen LogP contribution in [0.5, 0.6) is 0 Å². The Balaban J connectivity index is 1.97. The zero-order valence-corrected chi connectivity index (χ0v) is 15.5. The Bertz CT molecular complexity index is 754. The number of rotatable bonds is 8. The monoisotopic (exact) mass is 366 g/mol. The molecular formula is C17H22N2O3S2. The number of nitrogens with zero attached hydrogens (tertiary/aromatic N) is 1. The summed E-state index contributed by atoms with van der Waals surface area (Å²) in [6.45, 7) is 2.85. The number of benzene rings is 1. The van der Waals surface area contributed by atoms with Crippen molar-refractivity contribution in [1.82, 2.24) is 4.90 Å². The minimum atomic E-state index is -3.54. The molecule has 1 N–H and O–H groups in total. The first-order chi connectivity index (χ1) is 11.4. The molecule has 0 aliphatic carbocycles. The van der Waals surface area contributed by atoms with Gasteiger partial charge in [0.15, 0.2) is 0 Å². The molecule has 24 heavy (non-hydrogen) atoms. The van der Waals surface area contributed by atoms with Crippen LogP contribution in [0.4, 0.5) is 5.69 Å². The van der Waals surface area contributed by atoms with Gasteiger partial charge in [-0.15, -0.1) is 11.3 Å². The number of anilines is 1. The number of carbonyl (C=O) groups excluding carboxylic acids is 1. The topological polar surface area (TPSA) is 66.5 Å². The highest BCUT2D eigenvalue weighted by Gasteiger charge is 2.15. The summed E-state index contributed by atoms with van der Waals surface area (Å²) in [5.41, 5.74) is 1.35. The predicted octanol–water partition coefficient (Wildman–Crippen LogP) is 3.35. The normalized spacial score (nSPS) is 11.2. The second-order valence-electron chi connectivity index (χ2n) is 5.58. The van der Waals surface area contributed by atoms with Gasteiger partial charge in [0.2, 0.25) is 5.91 Å². The van der Waals surface area contributed by atoms with E-state index >= 15 is 0 Å². The first kappa shape index (κ1) is 18.5. The van der Waals surface area contributed by atoms with Crippen molar-refractivity contribution in [3.63, 3.8) is 0 Å². The fourth-order valence-electron chi connectivity index (χ4n) is 2.14. The van der Waals surface area contributed by atoms with Crippen LogP contribution < -0.4 is 4.72 Å². The standard InChI is InChI=1S/C17H22N2O3S2/c1-3-4-11-19(2)16(20)13-14-7-9-15(10-8-14)18-24(21,22)17-6-5-12-23-17/h5-10,12,18H,3-4,11,13H2,1-2H3. The van der Waals surface area contributed by atoms with Crippen molar-refractivity contribution in [3.05, 3.63) is 47.3 Å². The highest BCUT2D eigenvalue weighted by Crippen LogP contribution is 2.20. The van der Waals surface area contributed by atoms with E-state index in [1.54, 1.807) is 46.7 Å². The minimum Gasteiger partial charge on any atom is -0.345 e. The van der Waals surface area contributed by atoms with Crippen molar-refractivity contribution < 1.29 is 13.2 Å². The minimum absolute atomic E-state index is 0.0652. The summed E-state index contributed by atoms with van der Waals surface area (Å²) in [7, 11) is -1.73. The summed E-state index contributed by atoms with van der Waals surface area (Å²) in [5, 5.41) is 1.72. The Morgan fingerprint density at radius 1 is 1.21 bits per heavy atom. The first-order valence-corrected chi connectivity index (χ1v) is 10.2. The second-order valence-corrected chi connectivity index (χ2v) is 8.44. The lowest BCUT2D eigenvalue weighted by Crippen LogP contribution is -2.29. The number of amides is 1. The van der Waals surface area contributed by atoms with Crippen LogP contribution in [0.15, 0.2) is 46.0 Å². The molecule has 130 valence electrons. The van der Waals surface area contributed by atoms with Crippen LogP contribution >= 0.6 is 11.3 Å². The van der Waals surface area contributed by atoms with E-state index in [0.29, 0.717) is 12.1 Å². The molecular weight excluding hydrogens is 344 g/mol. The van der Waals surface area contributed by atoms with E-state index in [4.69, 9.17) is 0 Å². The van der Waals surface area contributed by atoms with Gasteiger partial charge in [0.1, 0.15) is 4.21 Å². The Hall–Kier alpha value is -1.86. The molecule has 7 heteroatoms. The molecule has 2 rings (SSSR count). The highest BCUT2D eigenvalue weighted by molar-refractivity contribution is 7.94. The van der Waals surface area contributed by atoms with Gasteiger partial charge in [-0.1, -0.05) is 31.5 Å². The predicted molar refractivity (Wildman–Crippen MR) is 97.8 cm³/mol. The zero-order valence-electron chi connectivity index (χ0n) is 13.9. The summed E-state index contributed by atoms with van der Waals surface area (Å²) in [5.74, 6) is 0.0652. The maximum Gasteiger partial charge on any atom is 0.271 e. The number of carbonyl (C=O) groups is 1. The summed E-state index contributed by atoms with van der Waals surface area (Å²) >= 11 is 1.17. The van der Waals surface area contributed by atoms with Gasteiger partial charge >= 0.3 is 0 Å². The van der Waals surface area contributed by atoms with Crippen LogP contribution in [0, 0.1) is 0 Å². The second kappa shape index (κ2) is 8.30. The van der Waals surface area contributed by atoms with Crippen molar-refractivity contribution >= 4 is 33.0 Å². The van der Waals surface area contributed by atoms with Gasteiger partial charge in [-0.3, -0.25) is 9.52 Å². The van der Waals surface area contributed by atoms with E-state index in [-0.39, 0.29) is 10.1 Å². The van der Waals surface area contributed by atoms with Crippen LogP contribution in [-0.2, 0) is 21.2 Å². The smallest absolute Gasteiger partial charge is 0.271 e. The highest BCUT2D eigenvalue weighted by atomic mass is 32.2. The molecule has 0 saturated heterocycles. The third-order valence-corrected chi connectivity index (χ3v) is 6.37. The summed E-state index contributed by atoms with van der Waals surface area (Å²) in [6.07, 6.45) is 2.36. The molecule has 0 unspecified atom stereocenters. The third-order valence-electron chi connectivity index (χ3n) is 3.59. The Labute approximate surface area is 147 Å². The van der Waals surface area contributed by atoms with Crippen molar-refractivity contribution in [1.29, 1.82) is 0 Å².